The Labute approximate surface area is 106 Å². The molecule has 5 nitrogen and oxygen atoms in total. The van der Waals surface area contributed by atoms with Crippen LogP contribution in [0.3, 0.4) is 0 Å². The number of aromatic nitrogens is 1. The Morgan fingerprint density at radius 1 is 1.33 bits per heavy atom. The average molecular weight is 248 g/mol. The van der Waals surface area contributed by atoms with Gasteiger partial charge in [-0.25, -0.2) is 9.78 Å². The molecule has 0 aliphatic heterocycles. The van der Waals surface area contributed by atoms with Gasteiger partial charge in [-0.3, -0.25) is 0 Å². The second kappa shape index (κ2) is 6.14. The minimum absolute atomic E-state index is 0.0185. The minimum atomic E-state index is -0.270. The molecule has 0 saturated heterocycles. The van der Waals surface area contributed by atoms with Gasteiger partial charge in [0.15, 0.2) is 6.20 Å². The van der Waals surface area contributed by atoms with Crippen molar-refractivity contribution in [1.82, 2.24) is 0 Å². The number of nitrogens with zero attached hydrogens (tertiary/aromatic N) is 1. The van der Waals surface area contributed by atoms with E-state index in [1.165, 1.54) is 6.42 Å². The number of nitrogens with two attached hydrogens (primary N) is 1. The highest BCUT2D eigenvalue weighted by Gasteiger charge is 2.23. The van der Waals surface area contributed by atoms with Gasteiger partial charge in [0.05, 0.1) is 5.92 Å². The lowest BCUT2D eigenvalue weighted by Crippen LogP contribution is -2.25. The van der Waals surface area contributed by atoms with E-state index in [4.69, 9.17) is 10.6 Å². The largest absolute Gasteiger partial charge is 0.375 e. The number of carbonyl (C=O) groups is 1. The van der Waals surface area contributed by atoms with Crippen molar-refractivity contribution in [2.75, 3.05) is 0 Å². The normalized spacial score (nSPS) is 17.4. The molecular formula is C13H18N3O2+. The van der Waals surface area contributed by atoms with Crippen molar-refractivity contribution < 1.29 is 14.6 Å². The van der Waals surface area contributed by atoms with Crippen LogP contribution < -0.4 is 10.7 Å². The van der Waals surface area contributed by atoms with E-state index < -0.39 is 0 Å². The molecule has 18 heavy (non-hydrogen) atoms. The quantitative estimate of drug-likeness (QED) is 0.378. The van der Waals surface area contributed by atoms with Gasteiger partial charge >= 0.3 is 5.97 Å². The van der Waals surface area contributed by atoms with Gasteiger partial charge < -0.3 is 10.6 Å². The molecule has 1 heterocycles. The summed E-state index contributed by atoms with van der Waals surface area (Å²) >= 11 is 0. The summed E-state index contributed by atoms with van der Waals surface area (Å²) in [5.41, 5.74) is 6.35. The Bertz CT molecular complexity index is 425. The van der Waals surface area contributed by atoms with E-state index >= 15 is 0 Å². The van der Waals surface area contributed by atoms with Crippen molar-refractivity contribution >= 4 is 11.8 Å². The standard InChI is InChI=1S/C13H17N3O2/c14-12(11-8-4-5-9-15-11)16-18-13(17)10-6-2-1-3-7-10/h4-5,8-10H,1-3,6-7H2,(H2,14,16)/p+1. The number of amidine groups is 1. The highest BCUT2D eigenvalue weighted by molar-refractivity contribution is 5.94. The van der Waals surface area contributed by atoms with Gasteiger partial charge in [0.25, 0.3) is 0 Å². The van der Waals surface area contributed by atoms with Gasteiger partial charge in [0.2, 0.25) is 11.5 Å². The molecule has 3 N–H and O–H groups in total. The fourth-order valence-electron chi connectivity index (χ4n) is 2.11. The summed E-state index contributed by atoms with van der Waals surface area (Å²) < 4.78 is 0. The number of oxime groups is 1. The lowest BCUT2D eigenvalue weighted by atomic mass is 9.89. The number of hydrogen-bond donors (Lipinski definition) is 1. The van der Waals surface area contributed by atoms with Gasteiger partial charge in [-0.1, -0.05) is 24.4 Å². The predicted molar refractivity (Wildman–Crippen MR) is 66.4 cm³/mol. The number of aromatic amines is 1. The molecule has 2 rings (SSSR count). The fraction of sp³-hybridized carbons (Fsp3) is 0.462. The Kier molecular flexibility index (Phi) is 4.28. The summed E-state index contributed by atoms with van der Waals surface area (Å²) in [4.78, 5) is 19.6. The first-order valence-electron chi connectivity index (χ1n) is 6.29. The summed E-state index contributed by atoms with van der Waals surface area (Å²) in [6.07, 6.45) is 6.91. The first-order valence-corrected chi connectivity index (χ1v) is 6.29. The van der Waals surface area contributed by atoms with Crippen molar-refractivity contribution in [2.24, 2.45) is 16.8 Å². The molecule has 1 aliphatic carbocycles. The SMILES string of the molecule is NC(=NOC(=O)C1CCCCC1)c1cccc[nH+]1. The van der Waals surface area contributed by atoms with Crippen LogP contribution in [0.25, 0.3) is 0 Å². The number of rotatable bonds is 3. The van der Waals surface area contributed by atoms with Crippen LogP contribution in [0.5, 0.6) is 0 Å². The molecule has 1 aliphatic rings. The van der Waals surface area contributed by atoms with E-state index in [2.05, 4.69) is 10.1 Å². The number of nitrogens with one attached hydrogen (secondary N) is 1. The van der Waals surface area contributed by atoms with Crippen LogP contribution >= 0.6 is 0 Å². The third-order valence-corrected chi connectivity index (χ3v) is 3.16. The zero-order valence-electron chi connectivity index (χ0n) is 10.3. The molecule has 1 saturated carbocycles. The van der Waals surface area contributed by atoms with Gasteiger partial charge in [0.1, 0.15) is 0 Å². The van der Waals surface area contributed by atoms with E-state index in [1.54, 1.807) is 12.3 Å². The van der Waals surface area contributed by atoms with Crippen LogP contribution in [0.1, 0.15) is 37.8 Å². The lowest BCUT2D eigenvalue weighted by Gasteiger charge is -2.17. The number of carbonyl (C=O) groups excluding carboxylic acids is 1. The van der Waals surface area contributed by atoms with Crippen molar-refractivity contribution in [3.63, 3.8) is 0 Å². The van der Waals surface area contributed by atoms with Gasteiger partial charge in [-0.15, -0.1) is 0 Å². The molecule has 1 fully saturated rings. The third-order valence-electron chi connectivity index (χ3n) is 3.16. The Morgan fingerprint density at radius 2 is 2.11 bits per heavy atom. The molecular weight excluding hydrogens is 230 g/mol. The van der Waals surface area contributed by atoms with Crippen molar-refractivity contribution in [3.8, 4) is 0 Å². The third kappa shape index (κ3) is 3.29. The summed E-state index contributed by atoms with van der Waals surface area (Å²) in [6.45, 7) is 0. The molecule has 0 spiro atoms. The van der Waals surface area contributed by atoms with Gasteiger partial charge in [-0.05, 0) is 18.9 Å². The molecule has 0 aromatic carbocycles. The zero-order chi connectivity index (χ0) is 12.8. The number of hydrogen-bond acceptors (Lipinski definition) is 3. The number of H-pyrrole nitrogens is 1. The summed E-state index contributed by atoms with van der Waals surface area (Å²) in [5.74, 6) is -0.108. The van der Waals surface area contributed by atoms with E-state index in [0.717, 1.165) is 25.7 Å². The molecule has 96 valence electrons. The van der Waals surface area contributed by atoms with Crippen molar-refractivity contribution in [1.29, 1.82) is 0 Å². The summed E-state index contributed by atoms with van der Waals surface area (Å²) in [6, 6.07) is 5.44. The van der Waals surface area contributed by atoms with Crippen LogP contribution in [0.15, 0.2) is 29.6 Å². The molecule has 1 aromatic rings. The van der Waals surface area contributed by atoms with Crippen molar-refractivity contribution in [3.05, 3.63) is 30.1 Å². The van der Waals surface area contributed by atoms with Crippen LogP contribution in [0.2, 0.25) is 0 Å². The Morgan fingerprint density at radius 3 is 2.78 bits per heavy atom. The lowest BCUT2D eigenvalue weighted by molar-refractivity contribution is -0.380. The maximum atomic E-state index is 11.7. The average Bonchev–Trinajstić information content (AvgIpc) is 2.46. The Hall–Kier alpha value is -1.91. The van der Waals surface area contributed by atoms with E-state index in [0.29, 0.717) is 5.69 Å². The van der Waals surface area contributed by atoms with Gasteiger partial charge in [-0.2, -0.15) is 0 Å². The smallest absolute Gasteiger partial charge is 0.338 e. The van der Waals surface area contributed by atoms with Crippen LogP contribution in [-0.4, -0.2) is 11.8 Å². The summed E-state index contributed by atoms with van der Waals surface area (Å²) in [5, 5.41) is 3.68. The maximum Gasteiger partial charge on any atom is 0.338 e. The summed E-state index contributed by atoms with van der Waals surface area (Å²) in [7, 11) is 0. The fourth-order valence-corrected chi connectivity index (χ4v) is 2.11. The molecule has 0 bridgehead atoms. The second-order valence-electron chi connectivity index (χ2n) is 4.50. The minimum Gasteiger partial charge on any atom is -0.375 e. The predicted octanol–water partition coefficient (Wildman–Crippen LogP) is 1.24. The number of pyridine rings is 1. The Balaban J connectivity index is 1.91. The maximum absolute atomic E-state index is 11.7. The van der Waals surface area contributed by atoms with E-state index in [-0.39, 0.29) is 17.7 Å². The molecule has 5 heteroatoms. The highest BCUT2D eigenvalue weighted by atomic mass is 16.7. The van der Waals surface area contributed by atoms with Crippen LogP contribution in [0.4, 0.5) is 0 Å². The molecule has 0 unspecified atom stereocenters. The second-order valence-corrected chi connectivity index (χ2v) is 4.50. The monoisotopic (exact) mass is 248 g/mol. The van der Waals surface area contributed by atoms with Crippen LogP contribution in [0, 0.1) is 5.92 Å². The molecule has 0 radical (unpaired) electrons. The topological polar surface area (TPSA) is 78.8 Å². The first-order chi connectivity index (χ1) is 8.77. The molecule has 0 amide bonds. The molecule has 0 atom stereocenters. The van der Waals surface area contributed by atoms with Crippen molar-refractivity contribution in [2.45, 2.75) is 32.1 Å². The zero-order valence-corrected chi connectivity index (χ0v) is 10.3. The highest BCUT2D eigenvalue weighted by Crippen LogP contribution is 2.24. The van der Waals surface area contributed by atoms with E-state index in [9.17, 15) is 4.79 Å². The van der Waals surface area contributed by atoms with E-state index in [1.807, 2.05) is 12.1 Å². The first kappa shape index (κ1) is 12.5. The molecule has 1 aromatic heterocycles. The van der Waals surface area contributed by atoms with Gasteiger partial charge in [0, 0.05) is 12.1 Å². The van der Waals surface area contributed by atoms with Crippen LogP contribution in [-0.2, 0) is 9.63 Å².